The third kappa shape index (κ3) is 3.25. The molecule has 1 aliphatic heterocycles. The van der Waals surface area contributed by atoms with Crippen LogP contribution in [0.5, 0.6) is 0 Å². The van der Waals surface area contributed by atoms with Crippen molar-refractivity contribution in [3.8, 4) is 11.3 Å². The zero-order valence-corrected chi connectivity index (χ0v) is 13.3. The first-order valence-electron chi connectivity index (χ1n) is 6.63. The van der Waals surface area contributed by atoms with Crippen molar-refractivity contribution in [3.63, 3.8) is 0 Å². The van der Waals surface area contributed by atoms with Crippen LogP contribution in [0.2, 0.25) is 0 Å². The fourth-order valence-electron chi connectivity index (χ4n) is 2.17. The molecule has 0 amide bonds. The Labute approximate surface area is 128 Å². The van der Waals surface area contributed by atoms with E-state index >= 15 is 0 Å². The maximum atomic E-state index is 11.5. The normalized spacial score (nSPS) is 16.1. The molecule has 0 aliphatic carbocycles. The predicted molar refractivity (Wildman–Crippen MR) is 83.7 cm³/mol. The maximum Gasteiger partial charge on any atom is 0.186 e. The molecule has 1 aliphatic rings. The molecule has 0 bridgehead atoms. The van der Waals surface area contributed by atoms with Gasteiger partial charge in [0.2, 0.25) is 0 Å². The Kier molecular flexibility index (Phi) is 3.97. The van der Waals surface area contributed by atoms with Crippen molar-refractivity contribution in [1.82, 2.24) is 4.98 Å². The summed E-state index contributed by atoms with van der Waals surface area (Å²) in [4.78, 5) is 7.17. The van der Waals surface area contributed by atoms with Gasteiger partial charge in [-0.05, 0) is 12.1 Å². The second-order valence-corrected chi connectivity index (χ2v) is 7.76. The summed E-state index contributed by atoms with van der Waals surface area (Å²) >= 11 is 1.60. The Morgan fingerprint density at radius 3 is 2.48 bits per heavy atom. The van der Waals surface area contributed by atoms with Crippen LogP contribution in [0.25, 0.3) is 11.3 Å². The Bertz CT molecular complexity index is 717. The SMILES string of the molecule is CS(=O)(=O)c1ccc(-c2csc(N3CCOCC3)n2)cc1. The van der Waals surface area contributed by atoms with Gasteiger partial charge in [-0.3, -0.25) is 0 Å². The van der Waals surface area contributed by atoms with E-state index in [1.165, 1.54) is 6.26 Å². The fraction of sp³-hybridized carbons (Fsp3) is 0.357. The van der Waals surface area contributed by atoms with E-state index in [0.717, 1.165) is 42.7 Å². The third-order valence-electron chi connectivity index (χ3n) is 3.35. The van der Waals surface area contributed by atoms with Crippen molar-refractivity contribution < 1.29 is 13.2 Å². The average Bonchev–Trinajstić information content (AvgIpc) is 2.97. The van der Waals surface area contributed by atoms with Gasteiger partial charge in [0.15, 0.2) is 15.0 Å². The molecule has 0 spiro atoms. The number of rotatable bonds is 3. The zero-order valence-electron chi connectivity index (χ0n) is 11.7. The van der Waals surface area contributed by atoms with Crippen LogP contribution in [0.15, 0.2) is 34.5 Å². The summed E-state index contributed by atoms with van der Waals surface area (Å²) in [6.07, 6.45) is 1.21. The van der Waals surface area contributed by atoms with Gasteiger partial charge < -0.3 is 9.64 Å². The van der Waals surface area contributed by atoms with Gasteiger partial charge in [-0.15, -0.1) is 11.3 Å². The lowest BCUT2D eigenvalue weighted by Crippen LogP contribution is -2.36. The lowest BCUT2D eigenvalue weighted by Gasteiger charge is -2.26. The molecule has 0 radical (unpaired) electrons. The molecule has 1 aromatic carbocycles. The number of nitrogens with zero attached hydrogens (tertiary/aromatic N) is 2. The minimum atomic E-state index is -3.15. The van der Waals surface area contributed by atoms with Crippen molar-refractivity contribution in [2.75, 3.05) is 37.5 Å². The van der Waals surface area contributed by atoms with Crippen molar-refractivity contribution in [2.45, 2.75) is 4.90 Å². The van der Waals surface area contributed by atoms with Crippen LogP contribution < -0.4 is 4.90 Å². The van der Waals surface area contributed by atoms with Gasteiger partial charge in [-0.2, -0.15) is 0 Å². The van der Waals surface area contributed by atoms with Crippen LogP contribution in [0.3, 0.4) is 0 Å². The number of morpholine rings is 1. The molecular weight excluding hydrogens is 308 g/mol. The van der Waals surface area contributed by atoms with Crippen LogP contribution >= 0.6 is 11.3 Å². The first-order chi connectivity index (χ1) is 10.0. The summed E-state index contributed by atoms with van der Waals surface area (Å²) in [5.74, 6) is 0. The van der Waals surface area contributed by atoms with E-state index in [2.05, 4.69) is 9.88 Å². The minimum Gasteiger partial charge on any atom is -0.378 e. The van der Waals surface area contributed by atoms with Crippen LogP contribution in [0.4, 0.5) is 5.13 Å². The number of sulfone groups is 1. The van der Waals surface area contributed by atoms with Crippen LogP contribution in [-0.4, -0.2) is 46.0 Å². The number of hydrogen-bond donors (Lipinski definition) is 0. The van der Waals surface area contributed by atoms with E-state index in [1.807, 2.05) is 5.38 Å². The lowest BCUT2D eigenvalue weighted by atomic mass is 10.2. The van der Waals surface area contributed by atoms with Crippen molar-refractivity contribution in [1.29, 1.82) is 0 Å². The molecule has 3 rings (SSSR count). The van der Waals surface area contributed by atoms with Gasteiger partial charge in [0.25, 0.3) is 0 Å². The Morgan fingerprint density at radius 1 is 1.19 bits per heavy atom. The quantitative estimate of drug-likeness (QED) is 0.865. The number of aromatic nitrogens is 1. The number of thiazole rings is 1. The molecule has 0 atom stereocenters. The molecule has 21 heavy (non-hydrogen) atoms. The fourth-order valence-corrected chi connectivity index (χ4v) is 3.69. The zero-order chi connectivity index (χ0) is 14.9. The summed E-state index contributed by atoms with van der Waals surface area (Å²) in [6.45, 7) is 3.19. The molecule has 112 valence electrons. The van der Waals surface area contributed by atoms with Gasteiger partial charge in [-0.1, -0.05) is 12.1 Å². The van der Waals surface area contributed by atoms with Crippen LogP contribution in [0, 0.1) is 0 Å². The second-order valence-electron chi connectivity index (χ2n) is 4.91. The van der Waals surface area contributed by atoms with Gasteiger partial charge in [0, 0.05) is 30.3 Å². The van der Waals surface area contributed by atoms with Crippen LogP contribution in [-0.2, 0) is 14.6 Å². The van der Waals surface area contributed by atoms with E-state index < -0.39 is 9.84 Å². The smallest absolute Gasteiger partial charge is 0.186 e. The monoisotopic (exact) mass is 324 g/mol. The Hall–Kier alpha value is -1.44. The highest BCUT2D eigenvalue weighted by molar-refractivity contribution is 7.90. The molecule has 1 saturated heterocycles. The molecule has 2 aromatic rings. The molecule has 0 unspecified atom stereocenters. The summed E-state index contributed by atoms with van der Waals surface area (Å²) in [5.41, 5.74) is 1.81. The van der Waals surface area contributed by atoms with E-state index in [0.29, 0.717) is 4.90 Å². The lowest BCUT2D eigenvalue weighted by molar-refractivity contribution is 0.122. The van der Waals surface area contributed by atoms with Crippen molar-refractivity contribution in [3.05, 3.63) is 29.6 Å². The number of anilines is 1. The molecule has 0 saturated carbocycles. The highest BCUT2D eigenvalue weighted by Gasteiger charge is 2.15. The Morgan fingerprint density at radius 2 is 1.86 bits per heavy atom. The van der Waals surface area contributed by atoms with Gasteiger partial charge in [-0.25, -0.2) is 13.4 Å². The van der Waals surface area contributed by atoms with E-state index in [4.69, 9.17) is 4.74 Å². The van der Waals surface area contributed by atoms with Gasteiger partial charge in [0.1, 0.15) is 0 Å². The summed E-state index contributed by atoms with van der Waals surface area (Å²) in [6, 6.07) is 6.85. The average molecular weight is 324 g/mol. The van der Waals surface area contributed by atoms with Crippen LogP contribution in [0.1, 0.15) is 0 Å². The molecule has 2 heterocycles. The molecular formula is C14H16N2O3S2. The molecule has 7 heteroatoms. The molecule has 0 N–H and O–H groups in total. The Balaban J connectivity index is 1.82. The molecule has 1 fully saturated rings. The standard InChI is InChI=1S/C14H16N2O3S2/c1-21(17,18)12-4-2-11(3-5-12)13-10-20-14(15-13)16-6-8-19-9-7-16/h2-5,10H,6-9H2,1H3. The number of ether oxygens (including phenoxy) is 1. The van der Waals surface area contributed by atoms with Crippen molar-refractivity contribution >= 4 is 26.3 Å². The minimum absolute atomic E-state index is 0.329. The number of benzene rings is 1. The summed E-state index contributed by atoms with van der Waals surface area (Å²) in [5, 5.41) is 2.99. The first kappa shape index (κ1) is 14.5. The van der Waals surface area contributed by atoms with E-state index in [-0.39, 0.29) is 0 Å². The van der Waals surface area contributed by atoms with E-state index in [9.17, 15) is 8.42 Å². The maximum absolute atomic E-state index is 11.5. The topological polar surface area (TPSA) is 59.5 Å². The molecule has 5 nitrogen and oxygen atoms in total. The predicted octanol–water partition coefficient (Wildman–Crippen LogP) is 2.05. The highest BCUT2D eigenvalue weighted by Crippen LogP contribution is 2.28. The first-order valence-corrected chi connectivity index (χ1v) is 9.40. The third-order valence-corrected chi connectivity index (χ3v) is 5.38. The highest BCUT2D eigenvalue weighted by atomic mass is 32.2. The number of hydrogen-bond acceptors (Lipinski definition) is 6. The second kappa shape index (κ2) is 5.75. The van der Waals surface area contributed by atoms with Crippen molar-refractivity contribution in [2.24, 2.45) is 0 Å². The molecule has 1 aromatic heterocycles. The summed E-state index contributed by atoms with van der Waals surface area (Å²) in [7, 11) is -3.15. The largest absolute Gasteiger partial charge is 0.378 e. The van der Waals surface area contributed by atoms with E-state index in [1.54, 1.807) is 35.6 Å². The van der Waals surface area contributed by atoms with Gasteiger partial charge in [0.05, 0.1) is 23.8 Å². The summed E-state index contributed by atoms with van der Waals surface area (Å²) < 4.78 is 28.3. The van der Waals surface area contributed by atoms with Gasteiger partial charge >= 0.3 is 0 Å².